The van der Waals surface area contributed by atoms with Crippen LogP contribution in [0.3, 0.4) is 0 Å². The fourth-order valence-electron chi connectivity index (χ4n) is 3.96. The molecule has 3 aromatic heterocycles. The zero-order valence-electron chi connectivity index (χ0n) is 20.8. The number of aromatic nitrogens is 4. The van der Waals surface area contributed by atoms with Gasteiger partial charge in [-0.25, -0.2) is 9.78 Å². The van der Waals surface area contributed by atoms with Crippen molar-refractivity contribution in [3.63, 3.8) is 0 Å². The van der Waals surface area contributed by atoms with Crippen LogP contribution < -0.4 is 11.1 Å². The van der Waals surface area contributed by atoms with E-state index >= 15 is 0 Å². The molecule has 2 amide bonds. The Morgan fingerprint density at radius 1 is 1.22 bits per heavy atom. The molecule has 194 valence electrons. The first-order chi connectivity index (χ1) is 17.1. The lowest BCUT2D eigenvalue weighted by Gasteiger charge is -2.31. The maximum Gasteiger partial charge on any atom is 0.404 e. The summed E-state index contributed by atoms with van der Waals surface area (Å²) in [6.07, 6.45) is 6.11. The summed E-state index contributed by atoms with van der Waals surface area (Å²) in [5.74, 6) is -0.361. The largest absolute Gasteiger partial charge is 0.443 e. The van der Waals surface area contributed by atoms with E-state index in [1.807, 2.05) is 29.1 Å². The summed E-state index contributed by atoms with van der Waals surface area (Å²) < 4.78 is 7.02. The van der Waals surface area contributed by atoms with E-state index in [4.69, 9.17) is 15.6 Å². The predicted octanol–water partition coefficient (Wildman–Crippen LogP) is 4.09. The first-order valence-corrected chi connectivity index (χ1v) is 12.8. The maximum absolute atomic E-state index is 12.4. The Labute approximate surface area is 214 Å². The van der Waals surface area contributed by atoms with E-state index in [1.165, 1.54) is 11.3 Å². The molecule has 3 heterocycles. The van der Waals surface area contributed by atoms with Crippen LogP contribution in [0.25, 0.3) is 11.3 Å². The number of nitrogens with zero attached hydrogens (tertiary/aromatic N) is 4. The van der Waals surface area contributed by atoms with E-state index in [-0.39, 0.29) is 5.41 Å². The number of thiazole rings is 1. The van der Waals surface area contributed by atoms with Gasteiger partial charge in [-0.1, -0.05) is 27.2 Å². The highest BCUT2D eigenvalue weighted by Crippen LogP contribution is 2.32. The second kappa shape index (κ2) is 12.6. The van der Waals surface area contributed by atoms with Crippen molar-refractivity contribution in [1.82, 2.24) is 19.7 Å². The molecule has 11 heteroatoms. The van der Waals surface area contributed by atoms with E-state index in [0.717, 1.165) is 30.6 Å². The zero-order valence-corrected chi connectivity index (χ0v) is 21.6. The van der Waals surface area contributed by atoms with Crippen LogP contribution in [0.15, 0.2) is 48.4 Å². The van der Waals surface area contributed by atoms with Gasteiger partial charge in [-0.15, -0.1) is 11.3 Å². The second-order valence-electron chi connectivity index (χ2n) is 9.76. The minimum Gasteiger partial charge on any atom is -0.443 e. The number of nitrogens with one attached hydrogen (secondary N) is 1. The Kier molecular flexibility index (Phi) is 9.54. The molecule has 0 bridgehead atoms. The zero-order chi connectivity index (χ0) is 26.1. The van der Waals surface area contributed by atoms with Crippen LogP contribution in [0.1, 0.15) is 46.5 Å². The van der Waals surface area contributed by atoms with Crippen molar-refractivity contribution in [3.8, 4) is 11.3 Å². The molecule has 0 unspecified atom stereocenters. The van der Waals surface area contributed by atoms with Gasteiger partial charge in [0.1, 0.15) is 6.10 Å². The van der Waals surface area contributed by atoms with Gasteiger partial charge in [-0.3, -0.25) is 19.8 Å². The molecule has 0 saturated carbocycles. The molecule has 3 aromatic rings. The second-order valence-corrected chi connectivity index (χ2v) is 10.7. The highest BCUT2D eigenvalue weighted by atomic mass is 32.1. The highest BCUT2D eigenvalue weighted by Gasteiger charge is 2.30. The van der Waals surface area contributed by atoms with Crippen molar-refractivity contribution in [3.05, 3.63) is 48.4 Å². The van der Waals surface area contributed by atoms with Crippen molar-refractivity contribution in [2.24, 2.45) is 17.1 Å². The third kappa shape index (κ3) is 8.13. The van der Waals surface area contributed by atoms with Crippen LogP contribution in [0.4, 0.5) is 9.93 Å². The number of anilines is 1. The molecule has 0 aliphatic carbocycles. The Morgan fingerprint density at radius 2 is 2.00 bits per heavy atom. The van der Waals surface area contributed by atoms with Crippen molar-refractivity contribution < 1.29 is 19.4 Å². The SMILES string of the molecule is CC(C)(C)[C@H](CCCC[C@H](OC(N)=O)[C@@H](O)C(=O)Nc1nccs1)Cn1ccc(-c2cccnc2)n1. The molecule has 36 heavy (non-hydrogen) atoms. The fourth-order valence-corrected chi connectivity index (χ4v) is 4.49. The lowest BCUT2D eigenvalue weighted by molar-refractivity contribution is -0.129. The van der Waals surface area contributed by atoms with Gasteiger partial charge < -0.3 is 15.6 Å². The predicted molar refractivity (Wildman–Crippen MR) is 138 cm³/mol. The molecule has 4 N–H and O–H groups in total. The van der Waals surface area contributed by atoms with Crippen molar-refractivity contribution in [1.29, 1.82) is 0 Å². The topological polar surface area (TPSA) is 145 Å². The molecule has 0 saturated heterocycles. The minimum absolute atomic E-state index is 0.0383. The number of hydrogen-bond donors (Lipinski definition) is 3. The number of amides is 2. The number of aliphatic hydroxyl groups excluding tert-OH is 1. The summed E-state index contributed by atoms with van der Waals surface area (Å²) in [5, 5.41) is 19.8. The van der Waals surface area contributed by atoms with Gasteiger partial charge in [0.15, 0.2) is 11.2 Å². The van der Waals surface area contributed by atoms with E-state index in [9.17, 15) is 14.7 Å². The number of hydrogen-bond acceptors (Lipinski definition) is 8. The molecular weight excluding hydrogens is 480 g/mol. The molecule has 0 aliphatic rings. The highest BCUT2D eigenvalue weighted by molar-refractivity contribution is 7.13. The number of pyridine rings is 1. The summed E-state index contributed by atoms with van der Waals surface area (Å²) in [6, 6.07) is 5.86. The van der Waals surface area contributed by atoms with E-state index < -0.39 is 24.2 Å². The average molecular weight is 515 g/mol. The van der Waals surface area contributed by atoms with Crippen molar-refractivity contribution in [2.75, 3.05) is 5.32 Å². The third-order valence-electron chi connectivity index (χ3n) is 6.07. The Balaban J connectivity index is 1.55. The number of carbonyl (C=O) groups excluding carboxylic acids is 2. The number of nitrogens with two attached hydrogens (primary N) is 1. The van der Waals surface area contributed by atoms with E-state index in [0.29, 0.717) is 23.9 Å². The number of ether oxygens (including phenoxy) is 1. The number of rotatable bonds is 12. The van der Waals surface area contributed by atoms with Gasteiger partial charge in [-0.05, 0) is 48.8 Å². The summed E-state index contributed by atoms with van der Waals surface area (Å²) in [5.41, 5.74) is 7.07. The summed E-state index contributed by atoms with van der Waals surface area (Å²) in [6.45, 7) is 7.36. The van der Waals surface area contributed by atoms with E-state index in [1.54, 1.807) is 24.0 Å². The van der Waals surface area contributed by atoms with Gasteiger partial charge in [0, 0.05) is 42.3 Å². The monoisotopic (exact) mass is 514 g/mol. The lowest BCUT2D eigenvalue weighted by atomic mass is 9.77. The summed E-state index contributed by atoms with van der Waals surface area (Å²) >= 11 is 1.23. The quantitative estimate of drug-likeness (QED) is 0.309. The van der Waals surface area contributed by atoms with Crippen LogP contribution in [0, 0.1) is 11.3 Å². The molecule has 3 atom stereocenters. The molecular formula is C25H34N6O4S. The molecule has 10 nitrogen and oxygen atoms in total. The Morgan fingerprint density at radius 3 is 2.64 bits per heavy atom. The van der Waals surface area contributed by atoms with Gasteiger partial charge in [0.2, 0.25) is 0 Å². The first-order valence-electron chi connectivity index (χ1n) is 11.9. The number of carbonyl (C=O) groups is 2. The standard InChI is InChI=1S/C25H34N6O4S/c1-25(2,3)18(16-31-13-10-19(30-31)17-7-6-11-27-15-17)8-4-5-9-20(35-23(26)34)21(32)22(33)29-24-28-12-14-36-24/h6-7,10-15,18,20-21,32H,4-5,8-9,16H2,1-3H3,(H2,26,34)(H,28,29,33)/t18-,20+,21-/m1/s1. The van der Waals surface area contributed by atoms with Crippen LogP contribution in [0.5, 0.6) is 0 Å². The molecule has 0 fully saturated rings. The van der Waals surface area contributed by atoms with Gasteiger partial charge >= 0.3 is 6.09 Å². The lowest BCUT2D eigenvalue weighted by Crippen LogP contribution is -2.41. The number of aliphatic hydroxyl groups is 1. The molecule has 0 radical (unpaired) electrons. The Bertz CT molecular complexity index is 1100. The van der Waals surface area contributed by atoms with Gasteiger partial charge in [0.25, 0.3) is 5.91 Å². The van der Waals surface area contributed by atoms with Gasteiger partial charge in [-0.2, -0.15) is 5.10 Å². The minimum atomic E-state index is -1.55. The molecule has 0 spiro atoms. The average Bonchev–Trinajstić information content (AvgIpc) is 3.51. The van der Waals surface area contributed by atoms with E-state index in [2.05, 4.69) is 36.1 Å². The normalized spacial score (nSPS) is 14.1. The van der Waals surface area contributed by atoms with Crippen molar-refractivity contribution in [2.45, 2.75) is 65.2 Å². The number of primary amides is 1. The molecule has 0 aliphatic heterocycles. The van der Waals surface area contributed by atoms with Crippen LogP contribution in [0.2, 0.25) is 0 Å². The first kappa shape index (κ1) is 27.3. The summed E-state index contributed by atoms with van der Waals surface area (Å²) in [4.78, 5) is 31.9. The van der Waals surface area contributed by atoms with Crippen LogP contribution in [-0.2, 0) is 16.1 Å². The van der Waals surface area contributed by atoms with Gasteiger partial charge in [0.05, 0.1) is 5.69 Å². The van der Waals surface area contributed by atoms with Crippen LogP contribution in [-0.4, -0.2) is 49.1 Å². The molecule has 0 aromatic carbocycles. The van der Waals surface area contributed by atoms with Crippen LogP contribution >= 0.6 is 11.3 Å². The maximum atomic E-state index is 12.4. The Hall–Kier alpha value is -3.31. The smallest absolute Gasteiger partial charge is 0.404 e. The van der Waals surface area contributed by atoms with Crippen molar-refractivity contribution >= 4 is 28.5 Å². The fraction of sp³-hybridized carbons (Fsp3) is 0.480. The number of unbranched alkanes of at least 4 members (excludes halogenated alkanes) is 1. The third-order valence-corrected chi connectivity index (χ3v) is 6.76. The molecule has 3 rings (SSSR count). The summed E-state index contributed by atoms with van der Waals surface area (Å²) in [7, 11) is 0.